The van der Waals surface area contributed by atoms with Gasteiger partial charge in [0.2, 0.25) is 0 Å². The van der Waals surface area contributed by atoms with Gasteiger partial charge in [0.25, 0.3) is 0 Å². The molecule has 2 heterocycles. The molecule has 3 aromatic rings. The van der Waals surface area contributed by atoms with E-state index in [1.54, 1.807) is 12.1 Å². The van der Waals surface area contributed by atoms with Crippen LogP contribution < -0.4 is 9.64 Å². The molecule has 2 fully saturated rings. The van der Waals surface area contributed by atoms with Gasteiger partial charge >= 0.3 is 0 Å². The van der Waals surface area contributed by atoms with E-state index in [4.69, 9.17) is 14.2 Å². The lowest BCUT2D eigenvalue weighted by molar-refractivity contribution is -0.165. The summed E-state index contributed by atoms with van der Waals surface area (Å²) in [6.07, 6.45) is 3.14. The molecule has 2 aliphatic heterocycles. The first-order chi connectivity index (χ1) is 18.2. The third-order valence-corrected chi connectivity index (χ3v) is 7.20. The average Bonchev–Trinajstić information content (AvgIpc) is 2.93. The summed E-state index contributed by atoms with van der Waals surface area (Å²) < 4.78 is 31.0. The zero-order chi connectivity index (χ0) is 25.5. The van der Waals surface area contributed by atoms with Crippen molar-refractivity contribution < 1.29 is 18.6 Å². The third kappa shape index (κ3) is 6.89. The summed E-state index contributed by atoms with van der Waals surface area (Å²) >= 11 is 0. The molecule has 2 unspecified atom stereocenters. The lowest BCUT2D eigenvalue weighted by Gasteiger charge is -2.47. The van der Waals surface area contributed by atoms with E-state index in [0.29, 0.717) is 13.2 Å². The van der Waals surface area contributed by atoms with Crippen molar-refractivity contribution in [3.05, 3.63) is 95.8 Å². The van der Waals surface area contributed by atoms with Crippen LogP contribution >= 0.6 is 0 Å². The number of hydrogen-bond donors (Lipinski definition) is 0. The second-order valence-electron chi connectivity index (χ2n) is 10.0. The molecule has 37 heavy (non-hydrogen) atoms. The molecule has 5 rings (SSSR count). The van der Waals surface area contributed by atoms with Crippen LogP contribution in [0.4, 0.5) is 10.1 Å². The molecule has 2 aliphatic rings. The van der Waals surface area contributed by atoms with Crippen LogP contribution in [0, 0.1) is 5.82 Å². The van der Waals surface area contributed by atoms with Gasteiger partial charge in [-0.3, -0.25) is 4.90 Å². The van der Waals surface area contributed by atoms with E-state index in [9.17, 15) is 4.39 Å². The smallest absolute Gasteiger partial charge is 0.157 e. The Bertz CT molecular complexity index is 1090. The second kappa shape index (κ2) is 12.5. The van der Waals surface area contributed by atoms with E-state index in [-0.39, 0.29) is 24.2 Å². The number of ether oxygens (including phenoxy) is 3. The highest BCUT2D eigenvalue weighted by molar-refractivity contribution is 5.53. The van der Waals surface area contributed by atoms with Crippen molar-refractivity contribution in [1.29, 1.82) is 0 Å². The van der Waals surface area contributed by atoms with Gasteiger partial charge in [-0.15, -0.1) is 0 Å². The molecule has 0 aromatic heterocycles. The molecule has 0 radical (unpaired) electrons. The minimum atomic E-state index is -0.208. The molecular formula is C31H37FN2O3. The van der Waals surface area contributed by atoms with Gasteiger partial charge in [0.15, 0.2) is 6.29 Å². The molecule has 0 spiro atoms. The molecular weight excluding hydrogens is 467 g/mol. The summed E-state index contributed by atoms with van der Waals surface area (Å²) in [5.74, 6) is 0.617. The van der Waals surface area contributed by atoms with Gasteiger partial charge in [-0.05, 0) is 73.7 Å². The van der Waals surface area contributed by atoms with Crippen LogP contribution in [-0.2, 0) is 16.0 Å². The van der Waals surface area contributed by atoms with Crippen LogP contribution in [0.15, 0.2) is 78.9 Å². The fraction of sp³-hybridized carbons (Fsp3) is 0.419. The van der Waals surface area contributed by atoms with Crippen LogP contribution in [0.1, 0.15) is 43.4 Å². The highest BCUT2D eigenvalue weighted by Gasteiger charge is 2.33. The van der Waals surface area contributed by atoms with Gasteiger partial charge in [0.05, 0.1) is 12.6 Å². The van der Waals surface area contributed by atoms with Crippen molar-refractivity contribution in [3.63, 3.8) is 0 Å². The van der Waals surface area contributed by atoms with E-state index in [1.165, 1.54) is 5.56 Å². The first kappa shape index (κ1) is 25.7. The fourth-order valence-corrected chi connectivity index (χ4v) is 5.43. The topological polar surface area (TPSA) is 34.2 Å². The zero-order valence-electron chi connectivity index (χ0n) is 21.6. The quantitative estimate of drug-likeness (QED) is 0.324. The number of benzene rings is 3. The average molecular weight is 505 g/mol. The van der Waals surface area contributed by atoms with E-state index in [1.807, 2.05) is 24.3 Å². The van der Waals surface area contributed by atoms with Crippen LogP contribution in [0.2, 0.25) is 0 Å². The molecule has 0 saturated carbocycles. The SMILES string of the molecule is CC1CN(Cc2ccccc2)C[C@@H](c2ccc(F)cc2)N1c1ccc(OCCOC2CCCCO2)cc1. The minimum absolute atomic E-state index is 0.0924. The highest BCUT2D eigenvalue weighted by atomic mass is 19.1. The van der Waals surface area contributed by atoms with Gasteiger partial charge in [-0.2, -0.15) is 0 Å². The van der Waals surface area contributed by atoms with E-state index in [0.717, 1.165) is 62.5 Å². The van der Waals surface area contributed by atoms with Crippen LogP contribution in [-0.4, -0.2) is 50.1 Å². The van der Waals surface area contributed by atoms with E-state index < -0.39 is 0 Å². The Labute approximate surface area is 219 Å². The first-order valence-electron chi connectivity index (χ1n) is 13.4. The second-order valence-corrected chi connectivity index (χ2v) is 10.0. The zero-order valence-corrected chi connectivity index (χ0v) is 21.6. The normalized spacial score (nSPS) is 22.6. The molecule has 6 heteroatoms. The van der Waals surface area contributed by atoms with Crippen molar-refractivity contribution in [2.75, 3.05) is 37.8 Å². The maximum atomic E-state index is 13.7. The van der Waals surface area contributed by atoms with Crippen molar-refractivity contribution in [1.82, 2.24) is 4.90 Å². The van der Waals surface area contributed by atoms with Crippen LogP contribution in [0.3, 0.4) is 0 Å². The maximum absolute atomic E-state index is 13.7. The summed E-state index contributed by atoms with van der Waals surface area (Å²) in [6, 6.07) is 26.2. The Morgan fingerprint density at radius 1 is 0.892 bits per heavy atom. The van der Waals surface area contributed by atoms with Gasteiger partial charge in [0, 0.05) is 38.0 Å². The molecule has 2 saturated heterocycles. The Morgan fingerprint density at radius 2 is 1.68 bits per heavy atom. The molecule has 5 nitrogen and oxygen atoms in total. The largest absolute Gasteiger partial charge is 0.491 e. The van der Waals surface area contributed by atoms with E-state index in [2.05, 4.69) is 59.2 Å². The van der Waals surface area contributed by atoms with Gasteiger partial charge in [-0.25, -0.2) is 4.39 Å². The Morgan fingerprint density at radius 3 is 2.41 bits per heavy atom. The Hall–Kier alpha value is -2.93. The highest BCUT2D eigenvalue weighted by Crippen LogP contribution is 2.35. The number of nitrogens with zero attached hydrogens (tertiary/aromatic N) is 2. The standard InChI is InChI=1S/C31H37FN2O3/c1-24-21-33(22-25-7-3-2-4-8-25)23-30(26-10-12-27(32)13-11-26)34(24)28-14-16-29(17-15-28)35-19-20-37-31-9-5-6-18-36-31/h2-4,7-8,10-17,24,30-31H,5-6,9,18-23H2,1H3/t24?,30-,31?/m0/s1. The van der Waals surface area contributed by atoms with Crippen molar-refractivity contribution in [3.8, 4) is 5.75 Å². The number of anilines is 1. The molecule has 0 aliphatic carbocycles. The van der Waals surface area contributed by atoms with Gasteiger partial charge in [0.1, 0.15) is 18.2 Å². The summed E-state index contributed by atoms with van der Waals surface area (Å²) in [4.78, 5) is 4.96. The number of piperazine rings is 1. The minimum Gasteiger partial charge on any atom is -0.491 e. The number of hydrogen-bond acceptors (Lipinski definition) is 5. The lowest BCUT2D eigenvalue weighted by Crippen LogP contribution is -2.53. The monoisotopic (exact) mass is 504 g/mol. The number of halogens is 1. The summed E-state index contributed by atoms with van der Waals surface area (Å²) in [7, 11) is 0. The Kier molecular flexibility index (Phi) is 8.72. The Balaban J connectivity index is 1.25. The van der Waals surface area contributed by atoms with Crippen LogP contribution in [0.25, 0.3) is 0 Å². The van der Waals surface area contributed by atoms with Crippen molar-refractivity contribution in [2.24, 2.45) is 0 Å². The van der Waals surface area contributed by atoms with Gasteiger partial charge in [-0.1, -0.05) is 42.5 Å². The predicted octanol–water partition coefficient (Wildman–Crippen LogP) is 6.20. The molecule has 196 valence electrons. The maximum Gasteiger partial charge on any atom is 0.157 e. The van der Waals surface area contributed by atoms with Crippen LogP contribution in [0.5, 0.6) is 5.75 Å². The van der Waals surface area contributed by atoms with Gasteiger partial charge < -0.3 is 19.1 Å². The molecule has 0 amide bonds. The van der Waals surface area contributed by atoms with Crippen molar-refractivity contribution in [2.45, 2.75) is 51.1 Å². The summed E-state index contributed by atoms with van der Waals surface area (Å²) in [5, 5.41) is 0. The fourth-order valence-electron chi connectivity index (χ4n) is 5.43. The number of rotatable bonds is 9. The molecule has 0 N–H and O–H groups in total. The van der Waals surface area contributed by atoms with Crippen molar-refractivity contribution >= 4 is 5.69 Å². The third-order valence-electron chi connectivity index (χ3n) is 7.20. The summed E-state index contributed by atoms with van der Waals surface area (Å²) in [6.45, 7) is 6.77. The molecule has 0 bridgehead atoms. The predicted molar refractivity (Wildman–Crippen MR) is 144 cm³/mol. The summed E-state index contributed by atoms with van der Waals surface area (Å²) in [5.41, 5.74) is 3.57. The molecule has 3 atom stereocenters. The first-order valence-corrected chi connectivity index (χ1v) is 13.4. The molecule has 3 aromatic carbocycles. The van der Waals surface area contributed by atoms with E-state index >= 15 is 0 Å². The lowest BCUT2D eigenvalue weighted by atomic mass is 9.97.